The monoisotopic (exact) mass is 508 g/mol. The number of carbonyl (C=O) groups is 1. The van der Waals surface area contributed by atoms with E-state index in [4.69, 9.17) is 14.2 Å². The SMILES string of the molecule is O=C(CN(c1ccc2c(c1)OCCO2)S(=O)(=O)c1ccccc1)Nc1ccc(OC2CCCC2)cc1. The van der Waals surface area contributed by atoms with Crippen molar-refractivity contribution in [3.63, 3.8) is 0 Å². The molecular weight excluding hydrogens is 480 g/mol. The van der Waals surface area contributed by atoms with E-state index in [0.717, 1.165) is 22.9 Å². The van der Waals surface area contributed by atoms with Gasteiger partial charge in [0.1, 0.15) is 25.5 Å². The minimum Gasteiger partial charge on any atom is -0.490 e. The van der Waals surface area contributed by atoms with E-state index in [1.54, 1.807) is 48.5 Å². The van der Waals surface area contributed by atoms with Gasteiger partial charge >= 0.3 is 0 Å². The molecule has 3 aromatic rings. The summed E-state index contributed by atoms with van der Waals surface area (Å²) in [6, 6.07) is 20.0. The third-order valence-corrected chi connectivity index (χ3v) is 7.96. The lowest BCUT2D eigenvalue weighted by atomic mass is 10.2. The Morgan fingerprint density at radius 3 is 2.33 bits per heavy atom. The number of sulfonamides is 1. The Labute approximate surface area is 210 Å². The number of benzene rings is 3. The fraction of sp³-hybridized carbons (Fsp3) is 0.296. The molecule has 0 spiro atoms. The lowest BCUT2D eigenvalue weighted by Crippen LogP contribution is -2.38. The highest BCUT2D eigenvalue weighted by Crippen LogP contribution is 2.35. The van der Waals surface area contributed by atoms with Crippen molar-refractivity contribution < 1.29 is 27.4 Å². The van der Waals surface area contributed by atoms with Crippen LogP contribution in [0.2, 0.25) is 0 Å². The summed E-state index contributed by atoms with van der Waals surface area (Å²) in [4.78, 5) is 13.1. The number of anilines is 2. The molecule has 1 saturated carbocycles. The van der Waals surface area contributed by atoms with Crippen LogP contribution in [0.4, 0.5) is 11.4 Å². The topological polar surface area (TPSA) is 94.2 Å². The lowest BCUT2D eigenvalue weighted by Gasteiger charge is -2.26. The van der Waals surface area contributed by atoms with Crippen LogP contribution in [0, 0.1) is 0 Å². The van der Waals surface area contributed by atoms with E-state index < -0.39 is 22.5 Å². The van der Waals surface area contributed by atoms with Crippen molar-refractivity contribution in [3.05, 3.63) is 72.8 Å². The summed E-state index contributed by atoms with van der Waals surface area (Å²) in [6.07, 6.45) is 4.73. The van der Waals surface area contributed by atoms with Crippen LogP contribution in [0.5, 0.6) is 17.2 Å². The maximum absolute atomic E-state index is 13.6. The summed E-state index contributed by atoms with van der Waals surface area (Å²) in [5, 5.41) is 2.79. The Bertz CT molecular complexity index is 1310. The summed E-state index contributed by atoms with van der Waals surface area (Å²) < 4.78 is 45.4. The predicted molar refractivity (Wildman–Crippen MR) is 136 cm³/mol. The number of rotatable bonds is 8. The molecule has 3 aromatic carbocycles. The number of hydrogen-bond donors (Lipinski definition) is 1. The van der Waals surface area contributed by atoms with Gasteiger partial charge in [-0.15, -0.1) is 0 Å². The maximum atomic E-state index is 13.6. The molecule has 1 fully saturated rings. The Morgan fingerprint density at radius 1 is 0.917 bits per heavy atom. The molecule has 1 amide bonds. The molecule has 1 heterocycles. The number of carbonyl (C=O) groups excluding carboxylic acids is 1. The molecule has 1 N–H and O–H groups in total. The van der Waals surface area contributed by atoms with Crippen LogP contribution in [0.3, 0.4) is 0 Å². The summed E-state index contributed by atoms with van der Waals surface area (Å²) in [6.45, 7) is 0.366. The lowest BCUT2D eigenvalue weighted by molar-refractivity contribution is -0.114. The molecule has 0 radical (unpaired) electrons. The summed E-state index contributed by atoms with van der Waals surface area (Å²) >= 11 is 0. The van der Waals surface area contributed by atoms with Crippen LogP contribution in [0.1, 0.15) is 25.7 Å². The van der Waals surface area contributed by atoms with Gasteiger partial charge in [0.15, 0.2) is 11.5 Å². The Morgan fingerprint density at radius 2 is 1.61 bits per heavy atom. The molecule has 0 atom stereocenters. The normalized spacial score (nSPS) is 15.3. The van der Waals surface area contributed by atoms with E-state index in [1.165, 1.54) is 25.0 Å². The maximum Gasteiger partial charge on any atom is 0.264 e. The van der Waals surface area contributed by atoms with Gasteiger partial charge in [-0.3, -0.25) is 9.10 Å². The first-order valence-electron chi connectivity index (χ1n) is 12.0. The van der Waals surface area contributed by atoms with Crippen molar-refractivity contribution in [1.29, 1.82) is 0 Å². The Hall–Kier alpha value is -3.72. The average Bonchev–Trinajstić information content (AvgIpc) is 3.42. The van der Waals surface area contributed by atoms with Crippen molar-refractivity contribution in [2.24, 2.45) is 0 Å². The highest BCUT2D eigenvalue weighted by atomic mass is 32.2. The molecule has 2 aliphatic rings. The smallest absolute Gasteiger partial charge is 0.264 e. The summed E-state index contributed by atoms with van der Waals surface area (Å²) in [7, 11) is -4.03. The number of nitrogens with one attached hydrogen (secondary N) is 1. The molecule has 36 heavy (non-hydrogen) atoms. The van der Waals surface area contributed by atoms with Gasteiger partial charge in [-0.05, 0) is 74.2 Å². The van der Waals surface area contributed by atoms with Gasteiger partial charge in [0.2, 0.25) is 5.91 Å². The fourth-order valence-electron chi connectivity index (χ4n) is 4.37. The van der Waals surface area contributed by atoms with Gasteiger partial charge in [-0.2, -0.15) is 0 Å². The van der Waals surface area contributed by atoms with Crippen LogP contribution in [0.25, 0.3) is 0 Å². The molecule has 1 aliphatic carbocycles. The quantitative estimate of drug-likeness (QED) is 0.478. The molecule has 0 unspecified atom stereocenters. The minimum absolute atomic E-state index is 0.0844. The average molecular weight is 509 g/mol. The molecule has 9 heteroatoms. The van der Waals surface area contributed by atoms with Gasteiger partial charge in [-0.25, -0.2) is 8.42 Å². The molecular formula is C27H28N2O6S. The van der Waals surface area contributed by atoms with Crippen molar-refractivity contribution in [3.8, 4) is 17.2 Å². The molecule has 188 valence electrons. The number of nitrogens with zero attached hydrogens (tertiary/aromatic N) is 1. The van der Waals surface area contributed by atoms with Crippen molar-refractivity contribution in [2.45, 2.75) is 36.7 Å². The first-order chi connectivity index (χ1) is 17.5. The number of fused-ring (bicyclic) bond motifs is 1. The largest absolute Gasteiger partial charge is 0.490 e. The van der Waals surface area contributed by atoms with E-state index in [0.29, 0.717) is 36.1 Å². The highest BCUT2D eigenvalue weighted by molar-refractivity contribution is 7.92. The highest BCUT2D eigenvalue weighted by Gasteiger charge is 2.28. The summed E-state index contributed by atoms with van der Waals surface area (Å²) in [5.41, 5.74) is 0.858. The van der Waals surface area contributed by atoms with E-state index in [-0.39, 0.29) is 11.0 Å². The second-order valence-corrected chi connectivity index (χ2v) is 10.6. The van der Waals surface area contributed by atoms with E-state index in [2.05, 4.69) is 5.32 Å². The van der Waals surface area contributed by atoms with E-state index in [9.17, 15) is 13.2 Å². The predicted octanol–water partition coefficient (Wildman–Crippen LogP) is 4.61. The molecule has 0 aromatic heterocycles. The number of ether oxygens (including phenoxy) is 3. The minimum atomic E-state index is -4.03. The van der Waals surface area contributed by atoms with Gasteiger partial charge in [-0.1, -0.05) is 18.2 Å². The van der Waals surface area contributed by atoms with E-state index >= 15 is 0 Å². The number of amides is 1. The van der Waals surface area contributed by atoms with Crippen molar-refractivity contribution in [2.75, 3.05) is 29.4 Å². The van der Waals surface area contributed by atoms with E-state index in [1.807, 2.05) is 12.1 Å². The standard InChI is InChI=1S/C27H28N2O6S/c30-27(28-20-10-13-23(14-11-20)35-22-6-4-5-7-22)19-29(36(31,32)24-8-2-1-3-9-24)21-12-15-25-26(18-21)34-17-16-33-25/h1-3,8-15,18,22H,4-7,16-17,19H2,(H,28,30). The van der Waals surface area contributed by atoms with Crippen LogP contribution < -0.4 is 23.8 Å². The fourth-order valence-corrected chi connectivity index (χ4v) is 5.80. The molecule has 0 saturated heterocycles. The second-order valence-electron chi connectivity index (χ2n) is 8.75. The molecule has 0 bridgehead atoms. The van der Waals surface area contributed by atoms with Crippen LogP contribution in [-0.2, 0) is 14.8 Å². The molecule has 1 aliphatic heterocycles. The first-order valence-corrected chi connectivity index (χ1v) is 13.5. The number of hydrogen-bond acceptors (Lipinski definition) is 6. The van der Waals surface area contributed by atoms with Crippen LogP contribution >= 0.6 is 0 Å². The van der Waals surface area contributed by atoms with Gasteiger partial charge < -0.3 is 19.5 Å². The zero-order valence-electron chi connectivity index (χ0n) is 19.8. The Balaban J connectivity index is 1.35. The third-order valence-electron chi connectivity index (χ3n) is 6.18. The van der Waals surface area contributed by atoms with Crippen LogP contribution in [-0.4, -0.2) is 40.2 Å². The van der Waals surface area contributed by atoms with Gasteiger partial charge in [0.05, 0.1) is 16.7 Å². The van der Waals surface area contributed by atoms with Crippen molar-refractivity contribution >= 4 is 27.3 Å². The first kappa shape index (κ1) is 24.0. The zero-order chi connectivity index (χ0) is 25.0. The Kier molecular flexibility index (Phi) is 6.99. The van der Waals surface area contributed by atoms with Gasteiger partial charge in [0.25, 0.3) is 10.0 Å². The van der Waals surface area contributed by atoms with Crippen molar-refractivity contribution in [1.82, 2.24) is 0 Å². The molecule has 8 nitrogen and oxygen atoms in total. The molecule has 5 rings (SSSR count). The summed E-state index contributed by atoms with van der Waals surface area (Å²) in [5.74, 6) is 1.25. The van der Waals surface area contributed by atoms with Crippen LogP contribution in [0.15, 0.2) is 77.7 Å². The third kappa shape index (κ3) is 5.41. The second kappa shape index (κ2) is 10.5. The zero-order valence-corrected chi connectivity index (χ0v) is 20.6. The van der Waals surface area contributed by atoms with Gasteiger partial charge in [0, 0.05) is 11.8 Å².